The van der Waals surface area contributed by atoms with Gasteiger partial charge in [0.2, 0.25) is 5.91 Å². The quantitative estimate of drug-likeness (QED) is 0.839. The highest BCUT2D eigenvalue weighted by Gasteiger charge is 2.34. The summed E-state index contributed by atoms with van der Waals surface area (Å²) in [5, 5.41) is 2.34. The van der Waals surface area contributed by atoms with Crippen LogP contribution in [-0.4, -0.2) is 18.1 Å². The molecule has 20 heavy (non-hydrogen) atoms. The molecule has 0 aliphatic heterocycles. The van der Waals surface area contributed by atoms with E-state index in [9.17, 15) is 9.59 Å². The van der Waals surface area contributed by atoms with Gasteiger partial charge in [-0.2, -0.15) is 0 Å². The molecule has 3 atom stereocenters. The van der Waals surface area contributed by atoms with E-state index in [2.05, 4.69) is 26.1 Å². The molecule has 1 rings (SSSR count). The second-order valence-electron chi connectivity index (χ2n) is 7.47. The number of hydrogen-bond donors (Lipinski definition) is 1. The summed E-state index contributed by atoms with van der Waals surface area (Å²) in [4.78, 5) is 23.7. The van der Waals surface area contributed by atoms with Crippen LogP contribution in [-0.2, 0) is 9.53 Å². The maximum atomic E-state index is 11.9. The Morgan fingerprint density at radius 3 is 2.30 bits per heavy atom. The molecule has 4 heteroatoms. The first-order valence-corrected chi connectivity index (χ1v) is 7.63. The molecule has 1 aliphatic rings. The topological polar surface area (TPSA) is 55.4 Å². The Balaban J connectivity index is 2.60. The van der Waals surface area contributed by atoms with Crippen LogP contribution in [0.2, 0.25) is 0 Å². The number of alkyl carbamates (subject to hydrolysis) is 1. The number of amides is 2. The number of carbonyl (C=O) groups is 2. The lowest BCUT2D eigenvalue weighted by molar-refractivity contribution is -0.128. The predicted molar refractivity (Wildman–Crippen MR) is 79.2 cm³/mol. The van der Waals surface area contributed by atoms with E-state index in [-0.39, 0.29) is 12.0 Å². The van der Waals surface area contributed by atoms with E-state index >= 15 is 0 Å². The molecule has 1 saturated carbocycles. The van der Waals surface area contributed by atoms with Crippen LogP contribution in [0.15, 0.2) is 0 Å². The van der Waals surface area contributed by atoms with Crippen molar-refractivity contribution in [1.82, 2.24) is 5.32 Å². The van der Waals surface area contributed by atoms with Gasteiger partial charge in [-0.15, -0.1) is 0 Å². The third-order valence-corrected chi connectivity index (χ3v) is 4.12. The molecule has 116 valence electrons. The third-order valence-electron chi connectivity index (χ3n) is 4.12. The number of ether oxygens (including phenoxy) is 1. The fraction of sp³-hybridized carbons (Fsp3) is 0.875. The van der Waals surface area contributed by atoms with Crippen LogP contribution >= 0.6 is 0 Å². The average Bonchev–Trinajstić information content (AvgIpc) is 2.26. The zero-order valence-corrected chi connectivity index (χ0v) is 13.7. The molecule has 0 unspecified atom stereocenters. The molecule has 1 fully saturated rings. The molecular formula is C16H29NO3. The van der Waals surface area contributed by atoms with Crippen molar-refractivity contribution in [1.29, 1.82) is 0 Å². The molecule has 1 N–H and O–H groups in total. The van der Waals surface area contributed by atoms with Gasteiger partial charge < -0.3 is 4.74 Å². The summed E-state index contributed by atoms with van der Waals surface area (Å²) in [6.07, 6.45) is 2.48. The third kappa shape index (κ3) is 4.80. The Morgan fingerprint density at radius 2 is 1.80 bits per heavy atom. The van der Waals surface area contributed by atoms with E-state index in [4.69, 9.17) is 4.74 Å². The number of hydrogen-bond acceptors (Lipinski definition) is 3. The monoisotopic (exact) mass is 283 g/mol. The molecule has 0 bridgehead atoms. The minimum atomic E-state index is -0.602. The molecule has 0 aromatic carbocycles. The Bertz CT molecular complexity index is 357. The van der Waals surface area contributed by atoms with E-state index in [0.717, 1.165) is 12.8 Å². The van der Waals surface area contributed by atoms with Crippen LogP contribution < -0.4 is 5.32 Å². The van der Waals surface area contributed by atoms with Crippen molar-refractivity contribution in [2.24, 2.45) is 23.2 Å². The summed E-state index contributed by atoms with van der Waals surface area (Å²) < 4.78 is 5.53. The van der Waals surface area contributed by atoms with Gasteiger partial charge in [0.15, 0.2) is 0 Å². The maximum Gasteiger partial charge on any atom is 0.414 e. The van der Waals surface area contributed by atoms with Crippen molar-refractivity contribution in [3.05, 3.63) is 0 Å². The molecular weight excluding hydrogens is 254 g/mol. The Labute approximate surface area is 122 Å². The first kappa shape index (κ1) is 17.0. The lowest BCUT2D eigenvalue weighted by atomic mass is 9.75. The summed E-state index contributed by atoms with van der Waals surface area (Å²) in [5.74, 6) is 1.15. The highest BCUT2D eigenvalue weighted by molar-refractivity contribution is 5.94. The molecule has 2 amide bonds. The maximum absolute atomic E-state index is 11.9. The number of nitrogens with one attached hydrogen (secondary N) is 1. The van der Waals surface area contributed by atoms with E-state index < -0.39 is 11.5 Å². The summed E-state index contributed by atoms with van der Waals surface area (Å²) in [6, 6.07) is 0. The van der Waals surface area contributed by atoms with Crippen LogP contribution in [0.1, 0.15) is 60.8 Å². The van der Waals surface area contributed by atoms with Crippen molar-refractivity contribution in [2.75, 3.05) is 0 Å². The highest BCUT2D eigenvalue weighted by Crippen LogP contribution is 2.35. The van der Waals surface area contributed by atoms with E-state index in [0.29, 0.717) is 17.8 Å². The van der Waals surface area contributed by atoms with Crippen molar-refractivity contribution in [2.45, 2.75) is 66.9 Å². The van der Waals surface area contributed by atoms with Crippen molar-refractivity contribution in [3.63, 3.8) is 0 Å². The minimum absolute atomic E-state index is 0.0773. The van der Waals surface area contributed by atoms with E-state index in [1.54, 1.807) is 20.8 Å². The Kier molecular flexibility index (Phi) is 5.60. The van der Waals surface area contributed by atoms with Gasteiger partial charge in [-0.1, -0.05) is 48.0 Å². The van der Waals surface area contributed by atoms with Gasteiger partial charge in [-0.3, -0.25) is 10.1 Å². The standard InChI is InChI=1S/C16H29NO3/c1-10(2)12-8-7-11(3)9-13(12)20-15(19)17-14(18)16(4,5)6/h10-13H,7-9H2,1-6H3,(H,17,18,19)/t11-,12+,13-/m1/s1. The van der Waals surface area contributed by atoms with Gasteiger partial charge in [0.1, 0.15) is 6.10 Å². The molecule has 0 radical (unpaired) electrons. The molecule has 0 aromatic rings. The smallest absolute Gasteiger partial charge is 0.414 e. The van der Waals surface area contributed by atoms with Gasteiger partial charge in [0.05, 0.1) is 0 Å². The predicted octanol–water partition coefficient (Wildman–Crippen LogP) is 3.75. The Hall–Kier alpha value is -1.06. The zero-order chi connectivity index (χ0) is 15.5. The van der Waals surface area contributed by atoms with Crippen LogP contribution in [0, 0.1) is 23.2 Å². The second kappa shape index (κ2) is 6.59. The lowest BCUT2D eigenvalue weighted by Crippen LogP contribution is -2.43. The molecule has 4 nitrogen and oxygen atoms in total. The normalized spacial score (nSPS) is 27.2. The Morgan fingerprint density at radius 1 is 1.20 bits per heavy atom. The number of rotatable bonds is 2. The zero-order valence-electron chi connectivity index (χ0n) is 13.7. The molecule has 1 aliphatic carbocycles. The van der Waals surface area contributed by atoms with Gasteiger partial charge >= 0.3 is 6.09 Å². The van der Waals surface area contributed by atoms with Crippen LogP contribution in [0.25, 0.3) is 0 Å². The summed E-state index contributed by atoms with van der Waals surface area (Å²) in [5.41, 5.74) is -0.587. The van der Waals surface area contributed by atoms with Crippen molar-refractivity contribution in [3.8, 4) is 0 Å². The summed E-state index contributed by atoms with van der Waals surface area (Å²) in [7, 11) is 0. The molecule has 0 aromatic heterocycles. The molecule has 0 saturated heterocycles. The molecule has 0 heterocycles. The summed E-state index contributed by atoms with van der Waals surface area (Å²) in [6.45, 7) is 11.8. The van der Waals surface area contributed by atoms with Crippen LogP contribution in [0.3, 0.4) is 0 Å². The second-order valence-corrected chi connectivity index (χ2v) is 7.47. The van der Waals surface area contributed by atoms with Crippen molar-refractivity contribution < 1.29 is 14.3 Å². The van der Waals surface area contributed by atoms with Gasteiger partial charge in [-0.25, -0.2) is 4.79 Å². The first-order valence-electron chi connectivity index (χ1n) is 7.63. The van der Waals surface area contributed by atoms with E-state index in [1.165, 1.54) is 6.42 Å². The molecule has 0 spiro atoms. The first-order chi connectivity index (χ1) is 9.11. The highest BCUT2D eigenvalue weighted by atomic mass is 16.6. The van der Waals surface area contributed by atoms with Gasteiger partial charge in [0.25, 0.3) is 0 Å². The van der Waals surface area contributed by atoms with Crippen LogP contribution in [0.5, 0.6) is 0 Å². The lowest BCUT2D eigenvalue weighted by Gasteiger charge is -2.36. The van der Waals surface area contributed by atoms with Crippen molar-refractivity contribution >= 4 is 12.0 Å². The fourth-order valence-electron chi connectivity index (χ4n) is 2.70. The fourth-order valence-corrected chi connectivity index (χ4v) is 2.70. The summed E-state index contributed by atoms with van der Waals surface area (Å²) >= 11 is 0. The van der Waals surface area contributed by atoms with Gasteiger partial charge in [-0.05, 0) is 30.6 Å². The van der Waals surface area contributed by atoms with Gasteiger partial charge in [0, 0.05) is 5.41 Å². The van der Waals surface area contributed by atoms with Crippen LogP contribution in [0.4, 0.5) is 4.79 Å². The van der Waals surface area contributed by atoms with E-state index in [1.807, 2.05) is 0 Å². The number of carbonyl (C=O) groups excluding carboxylic acids is 2. The minimum Gasteiger partial charge on any atom is -0.446 e. The average molecular weight is 283 g/mol. The number of imide groups is 1. The SMILES string of the molecule is CC(C)[C@@H]1CC[C@@H](C)C[C@H]1OC(=O)NC(=O)C(C)(C)C. The largest absolute Gasteiger partial charge is 0.446 e.